The normalized spacial score (nSPS) is 10.6. The topological polar surface area (TPSA) is 95.1 Å². The van der Waals surface area contributed by atoms with Gasteiger partial charge in [0.2, 0.25) is 5.91 Å². The molecule has 0 aliphatic heterocycles. The quantitative estimate of drug-likeness (QED) is 0.539. The largest absolute Gasteiger partial charge is 0.497 e. The van der Waals surface area contributed by atoms with Gasteiger partial charge in [-0.3, -0.25) is 9.36 Å². The lowest BCUT2D eigenvalue weighted by Crippen LogP contribution is -2.14. The summed E-state index contributed by atoms with van der Waals surface area (Å²) >= 11 is 1.29. The lowest BCUT2D eigenvalue weighted by Gasteiger charge is -2.14. The van der Waals surface area contributed by atoms with E-state index in [1.807, 2.05) is 47.0 Å². The predicted octanol–water partition coefficient (Wildman–Crippen LogP) is 3.03. The Morgan fingerprint density at radius 3 is 2.61 bits per heavy atom. The van der Waals surface area contributed by atoms with Crippen LogP contribution < -0.4 is 15.8 Å². The van der Waals surface area contributed by atoms with E-state index < -0.39 is 0 Å². The Kier molecular flexibility index (Phi) is 6.54. The molecule has 0 unspecified atom stereocenters. The molecule has 0 fully saturated rings. The average Bonchev–Trinajstić information content (AvgIpc) is 3.13. The van der Waals surface area contributed by atoms with Gasteiger partial charge in [-0.15, -0.1) is 10.2 Å². The van der Waals surface area contributed by atoms with E-state index in [1.54, 1.807) is 7.11 Å². The molecule has 0 saturated heterocycles. The number of aromatic nitrogens is 3. The van der Waals surface area contributed by atoms with Crippen molar-refractivity contribution in [3.05, 3.63) is 59.9 Å². The van der Waals surface area contributed by atoms with Gasteiger partial charge < -0.3 is 15.8 Å². The number of thioether (sulfide) groups is 1. The third kappa shape index (κ3) is 4.64. The highest BCUT2D eigenvalue weighted by molar-refractivity contribution is 7.99. The number of nitrogens with one attached hydrogen (secondary N) is 1. The third-order valence-corrected chi connectivity index (χ3v) is 5.15. The van der Waals surface area contributed by atoms with Crippen LogP contribution in [0.4, 0.5) is 5.69 Å². The van der Waals surface area contributed by atoms with Gasteiger partial charge in [-0.25, -0.2) is 0 Å². The van der Waals surface area contributed by atoms with Crippen molar-refractivity contribution in [1.82, 2.24) is 14.8 Å². The van der Waals surface area contributed by atoms with E-state index in [0.717, 1.165) is 29.4 Å². The lowest BCUT2D eigenvalue weighted by molar-refractivity contribution is -0.115. The summed E-state index contributed by atoms with van der Waals surface area (Å²) in [6, 6.07) is 15.8. The summed E-state index contributed by atoms with van der Waals surface area (Å²) in [5, 5.41) is 12.6. The van der Waals surface area contributed by atoms with Crippen molar-refractivity contribution in [2.45, 2.75) is 25.0 Å². The second-order valence-electron chi connectivity index (χ2n) is 6.05. The number of methoxy groups -OCH3 is 1. The van der Waals surface area contributed by atoms with Crippen LogP contribution >= 0.6 is 11.8 Å². The van der Waals surface area contributed by atoms with Crippen molar-refractivity contribution >= 4 is 23.4 Å². The molecule has 7 nitrogen and oxygen atoms in total. The molecule has 3 aromatic rings. The molecule has 1 heterocycles. The summed E-state index contributed by atoms with van der Waals surface area (Å²) < 4.78 is 7.18. The number of carbonyl (C=O) groups is 1. The standard InChI is InChI=1S/C20H23N5O2S/c1-3-14-6-4-5-7-17(14)25-19(23-24-20(25)28-13-18(21)26)12-22-15-8-10-16(27-2)11-9-15/h4-11,22H,3,12-13H2,1-2H3,(H2,21,26). The van der Waals surface area contributed by atoms with Gasteiger partial charge >= 0.3 is 0 Å². The van der Waals surface area contributed by atoms with Crippen molar-refractivity contribution in [1.29, 1.82) is 0 Å². The number of hydrogen-bond acceptors (Lipinski definition) is 6. The van der Waals surface area contributed by atoms with Crippen LogP contribution in [-0.4, -0.2) is 33.5 Å². The highest BCUT2D eigenvalue weighted by Gasteiger charge is 2.17. The number of carbonyl (C=O) groups excluding carboxylic acids is 1. The third-order valence-electron chi connectivity index (χ3n) is 4.20. The first-order valence-electron chi connectivity index (χ1n) is 8.94. The maximum atomic E-state index is 11.2. The van der Waals surface area contributed by atoms with Gasteiger partial charge in [0.05, 0.1) is 25.1 Å². The molecular weight excluding hydrogens is 374 g/mol. The molecule has 1 aromatic heterocycles. The lowest BCUT2D eigenvalue weighted by atomic mass is 10.1. The van der Waals surface area contributed by atoms with Crippen LogP contribution in [0.15, 0.2) is 53.7 Å². The van der Waals surface area contributed by atoms with Gasteiger partial charge in [0.25, 0.3) is 0 Å². The van der Waals surface area contributed by atoms with Crippen LogP contribution in [0, 0.1) is 0 Å². The summed E-state index contributed by atoms with van der Waals surface area (Å²) in [7, 11) is 1.64. The van der Waals surface area contributed by atoms with Crippen molar-refractivity contribution in [3.63, 3.8) is 0 Å². The van der Waals surface area contributed by atoms with Gasteiger partial charge in [0.15, 0.2) is 11.0 Å². The minimum atomic E-state index is -0.388. The number of aryl methyl sites for hydroxylation is 1. The van der Waals surface area contributed by atoms with Crippen LogP contribution in [-0.2, 0) is 17.8 Å². The molecule has 0 bridgehead atoms. The first kappa shape index (κ1) is 19.8. The van der Waals surface area contributed by atoms with Crippen LogP contribution in [0.2, 0.25) is 0 Å². The number of ether oxygens (including phenoxy) is 1. The van der Waals surface area contributed by atoms with E-state index >= 15 is 0 Å². The summed E-state index contributed by atoms with van der Waals surface area (Å²) in [6.07, 6.45) is 0.875. The number of primary amides is 1. The van der Waals surface area contributed by atoms with Crippen molar-refractivity contribution in [2.75, 3.05) is 18.2 Å². The second-order valence-corrected chi connectivity index (χ2v) is 7.00. The van der Waals surface area contributed by atoms with Gasteiger partial charge in [0.1, 0.15) is 5.75 Å². The zero-order valence-electron chi connectivity index (χ0n) is 15.9. The Morgan fingerprint density at radius 1 is 1.18 bits per heavy atom. The Balaban J connectivity index is 1.90. The molecule has 8 heteroatoms. The molecular formula is C20H23N5O2S. The number of nitrogens with zero attached hydrogens (tertiary/aromatic N) is 3. The Labute approximate surface area is 168 Å². The van der Waals surface area contributed by atoms with Crippen molar-refractivity contribution < 1.29 is 9.53 Å². The Hall–Kier alpha value is -3.00. The monoisotopic (exact) mass is 397 g/mol. The summed E-state index contributed by atoms with van der Waals surface area (Å²) in [4.78, 5) is 11.2. The zero-order chi connectivity index (χ0) is 19.9. The molecule has 28 heavy (non-hydrogen) atoms. The number of benzene rings is 2. The number of hydrogen-bond donors (Lipinski definition) is 2. The molecule has 0 saturated carbocycles. The molecule has 3 rings (SSSR count). The first-order valence-corrected chi connectivity index (χ1v) is 9.92. The van der Waals surface area contributed by atoms with Crippen LogP contribution in [0.1, 0.15) is 18.3 Å². The Morgan fingerprint density at radius 2 is 1.93 bits per heavy atom. The molecule has 3 N–H and O–H groups in total. The fraction of sp³-hybridized carbons (Fsp3) is 0.250. The highest BCUT2D eigenvalue weighted by atomic mass is 32.2. The SMILES string of the molecule is CCc1ccccc1-n1c(CNc2ccc(OC)cc2)nnc1SCC(N)=O. The summed E-state index contributed by atoms with van der Waals surface area (Å²) in [5.41, 5.74) is 8.44. The van der Waals surface area contributed by atoms with Crippen molar-refractivity contribution in [3.8, 4) is 11.4 Å². The molecule has 146 valence electrons. The molecule has 0 aliphatic carbocycles. The number of para-hydroxylation sites is 1. The van der Waals surface area contributed by atoms with E-state index in [0.29, 0.717) is 11.7 Å². The minimum Gasteiger partial charge on any atom is -0.497 e. The fourth-order valence-corrected chi connectivity index (χ4v) is 3.51. The van der Waals surface area contributed by atoms with Crippen LogP contribution in [0.5, 0.6) is 5.75 Å². The highest BCUT2D eigenvalue weighted by Crippen LogP contribution is 2.25. The predicted molar refractivity (Wildman–Crippen MR) is 111 cm³/mol. The van der Waals surface area contributed by atoms with Crippen LogP contribution in [0.3, 0.4) is 0 Å². The smallest absolute Gasteiger partial charge is 0.227 e. The fourth-order valence-electron chi connectivity index (χ4n) is 2.80. The van der Waals surface area contributed by atoms with Gasteiger partial charge in [-0.1, -0.05) is 36.9 Å². The van der Waals surface area contributed by atoms with Crippen molar-refractivity contribution in [2.24, 2.45) is 5.73 Å². The first-order chi connectivity index (χ1) is 13.6. The van der Waals surface area contributed by atoms with E-state index in [4.69, 9.17) is 10.5 Å². The van der Waals surface area contributed by atoms with Crippen LogP contribution in [0.25, 0.3) is 5.69 Å². The second kappa shape index (κ2) is 9.27. The number of nitrogens with two attached hydrogens (primary N) is 1. The molecule has 0 spiro atoms. The number of anilines is 1. The maximum absolute atomic E-state index is 11.2. The van der Waals surface area contributed by atoms with Gasteiger partial charge in [-0.05, 0) is 42.3 Å². The summed E-state index contributed by atoms with van der Waals surface area (Å²) in [5.74, 6) is 1.32. The molecule has 0 aliphatic rings. The summed E-state index contributed by atoms with van der Waals surface area (Å²) in [6.45, 7) is 2.59. The maximum Gasteiger partial charge on any atom is 0.227 e. The Bertz CT molecular complexity index is 940. The van der Waals surface area contributed by atoms with E-state index in [2.05, 4.69) is 28.5 Å². The molecule has 1 amide bonds. The molecule has 0 radical (unpaired) electrons. The molecule has 0 atom stereocenters. The average molecular weight is 398 g/mol. The van der Waals surface area contributed by atoms with Gasteiger partial charge in [0, 0.05) is 5.69 Å². The van der Waals surface area contributed by atoms with Gasteiger partial charge in [-0.2, -0.15) is 0 Å². The van der Waals surface area contributed by atoms with E-state index in [9.17, 15) is 4.79 Å². The van der Waals surface area contributed by atoms with E-state index in [-0.39, 0.29) is 11.7 Å². The minimum absolute atomic E-state index is 0.151. The molecule has 2 aromatic carbocycles. The van der Waals surface area contributed by atoms with E-state index in [1.165, 1.54) is 17.3 Å². The number of amides is 1. The zero-order valence-corrected chi connectivity index (χ0v) is 16.7. The number of rotatable bonds is 9.